The first kappa shape index (κ1) is 7.21. The lowest BCUT2D eigenvalue weighted by molar-refractivity contribution is 0.326. The van der Waals surface area contributed by atoms with Crippen molar-refractivity contribution in [3.05, 3.63) is 5.02 Å². The number of anilines is 1. The molecule has 0 aromatic carbocycles. The summed E-state index contributed by atoms with van der Waals surface area (Å²) in [6.07, 6.45) is 0. The number of hydrogen-bond donors (Lipinski definition) is 2. The highest BCUT2D eigenvalue weighted by Gasteiger charge is 2.07. The van der Waals surface area contributed by atoms with Crippen LogP contribution < -0.4 is 10.5 Å². The van der Waals surface area contributed by atoms with Crippen LogP contribution in [0.2, 0.25) is 5.02 Å². The van der Waals surface area contributed by atoms with Gasteiger partial charge in [-0.05, 0) is 6.92 Å². The zero-order chi connectivity index (χ0) is 7.56. The van der Waals surface area contributed by atoms with Crippen LogP contribution in [0.5, 0.6) is 5.88 Å². The summed E-state index contributed by atoms with van der Waals surface area (Å²) in [5.41, 5.74) is 5.34. The minimum atomic E-state index is 0.338. The minimum Gasteiger partial charge on any atom is -0.476 e. The molecule has 0 aliphatic carbocycles. The Kier molecular flexibility index (Phi) is 2.01. The van der Waals surface area contributed by atoms with Gasteiger partial charge in [0.1, 0.15) is 10.8 Å². The maximum absolute atomic E-state index is 5.64. The fourth-order valence-electron chi connectivity index (χ4n) is 0.557. The molecule has 0 spiro atoms. The zero-order valence-electron chi connectivity index (χ0n) is 5.52. The Morgan fingerprint density at radius 3 is 2.90 bits per heavy atom. The van der Waals surface area contributed by atoms with Crippen molar-refractivity contribution in [3.63, 3.8) is 0 Å². The van der Waals surface area contributed by atoms with Crippen molar-refractivity contribution in [3.8, 4) is 5.88 Å². The van der Waals surface area contributed by atoms with Gasteiger partial charge in [0, 0.05) is 0 Å². The molecule has 3 N–H and O–H groups in total. The monoisotopic (exact) mass is 161 g/mol. The Morgan fingerprint density at radius 2 is 2.50 bits per heavy atom. The van der Waals surface area contributed by atoms with Gasteiger partial charge in [0.2, 0.25) is 0 Å². The average Bonchev–Trinajstić information content (AvgIpc) is 2.20. The van der Waals surface area contributed by atoms with Gasteiger partial charge in [-0.3, -0.25) is 5.10 Å². The van der Waals surface area contributed by atoms with Crippen LogP contribution in [-0.2, 0) is 0 Å². The number of hydrogen-bond acceptors (Lipinski definition) is 3. The number of H-pyrrole nitrogens is 1. The third-order valence-electron chi connectivity index (χ3n) is 0.983. The molecule has 0 unspecified atom stereocenters. The van der Waals surface area contributed by atoms with E-state index in [4.69, 9.17) is 22.1 Å². The molecule has 0 saturated carbocycles. The molecule has 0 saturated heterocycles. The fourth-order valence-corrected chi connectivity index (χ4v) is 0.696. The fraction of sp³-hybridized carbons (Fsp3) is 0.400. The number of aromatic nitrogens is 2. The molecule has 0 radical (unpaired) electrons. The Hall–Kier alpha value is -0.900. The Labute approximate surface area is 63.3 Å². The molecule has 0 atom stereocenters. The second-order valence-corrected chi connectivity index (χ2v) is 2.07. The van der Waals surface area contributed by atoms with E-state index in [1.165, 1.54) is 0 Å². The van der Waals surface area contributed by atoms with Gasteiger partial charge >= 0.3 is 0 Å². The number of nitrogen functional groups attached to an aromatic ring is 1. The van der Waals surface area contributed by atoms with Crippen LogP contribution in [-0.4, -0.2) is 16.8 Å². The van der Waals surface area contributed by atoms with E-state index in [1.807, 2.05) is 6.92 Å². The zero-order valence-corrected chi connectivity index (χ0v) is 6.27. The average molecular weight is 162 g/mol. The van der Waals surface area contributed by atoms with Crippen LogP contribution in [0.1, 0.15) is 6.92 Å². The van der Waals surface area contributed by atoms with Gasteiger partial charge in [-0.1, -0.05) is 11.6 Å². The second-order valence-electron chi connectivity index (χ2n) is 1.69. The molecule has 0 bridgehead atoms. The number of halogens is 1. The third kappa shape index (κ3) is 1.16. The number of nitrogens with zero attached hydrogens (tertiary/aromatic N) is 1. The smallest absolute Gasteiger partial charge is 0.253 e. The van der Waals surface area contributed by atoms with Crippen LogP contribution in [0.15, 0.2) is 0 Å². The topological polar surface area (TPSA) is 63.9 Å². The van der Waals surface area contributed by atoms with Crippen molar-refractivity contribution < 1.29 is 4.74 Å². The van der Waals surface area contributed by atoms with Crippen LogP contribution in [0, 0.1) is 0 Å². The molecule has 4 nitrogen and oxygen atoms in total. The van der Waals surface area contributed by atoms with Gasteiger partial charge in [-0.2, -0.15) is 0 Å². The molecular formula is C5H8ClN3O. The lowest BCUT2D eigenvalue weighted by Crippen LogP contribution is -1.91. The number of nitrogens with two attached hydrogens (primary N) is 1. The van der Waals surface area contributed by atoms with Gasteiger partial charge in [0.25, 0.3) is 5.88 Å². The third-order valence-corrected chi connectivity index (χ3v) is 1.35. The molecule has 1 aromatic rings. The Morgan fingerprint density at radius 1 is 1.80 bits per heavy atom. The summed E-state index contributed by atoms with van der Waals surface area (Å²) in [7, 11) is 0. The summed E-state index contributed by atoms with van der Waals surface area (Å²) < 4.78 is 5.00. The summed E-state index contributed by atoms with van der Waals surface area (Å²) in [6.45, 7) is 2.38. The number of ether oxygens (including phenoxy) is 1. The van der Waals surface area contributed by atoms with Crippen molar-refractivity contribution >= 4 is 17.4 Å². The number of rotatable bonds is 2. The summed E-state index contributed by atoms with van der Waals surface area (Å²) in [4.78, 5) is 0. The number of nitrogens with one attached hydrogen (secondary N) is 1. The van der Waals surface area contributed by atoms with Gasteiger partial charge in [-0.15, -0.1) is 5.10 Å². The van der Waals surface area contributed by atoms with E-state index in [-0.39, 0.29) is 0 Å². The van der Waals surface area contributed by atoms with E-state index in [2.05, 4.69) is 10.2 Å². The van der Waals surface area contributed by atoms with Crippen molar-refractivity contribution in [1.29, 1.82) is 0 Å². The summed E-state index contributed by atoms with van der Waals surface area (Å²) >= 11 is 5.64. The van der Waals surface area contributed by atoms with E-state index < -0.39 is 0 Å². The van der Waals surface area contributed by atoms with Crippen LogP contribution in [0.4, 0.5) is 5.82 Å². The molecule has 56 valence electrons. The standard InChI is InChI=1S/C5H8ClN3O/c1-2-10-5-3(6)4(7)8-9-5/h2H2,1H3,(H3,7,8,9). The maximum Gasteiger partial charge on any atom is 0.253 e. The van der Waals surface area contributed by atoms with E-state index in [1.54, 1.807) is 0 Å². The van der Waals surface area contributed by atoms with Crippen molar-refractivity contribution in [1.82, 2.24) is 10.2 Å². The highest BCUT2D eigenvalue weighted by atomic mass is 35.5. The minimum absolute atomic E-state index is 0.338. The quantitative estimate of drug-likeness (QED) is 0.682. The normalized spacial score (nSPS) is 9.80. The molecular weight excluding hydrogens is 154 g/mol. The molecule has 0 aliphatic heterocycles. The van der Waals surface area contributed by atoms with Gasteiger partial charge < -0.3 is 10.5 Å². The van der Waals surface area contributed by atoms with E-state index in [9.17, 15) is 0 Å². The van der Waals surface area contributed by atoms with E-state index in [0.29, 0.717) is 23.3 Å². The molecule has 10 heavy (non-hydrogen) atoms. The Balaban J connectivity index is 2.83. The van der Waals surface area contributed by atoms with E-state index >= 15 is 0 Å². The summed E-state index contributed by atoms with van der Waals surface area (Å²) in [5.74, 6) is 0.701. The molecule has 0 aliphatic rings. The van der Waals surface area contributed by atoms with Gasteiger partial charge in [-0.25, -0.2) is 0 Å². The van der Waals surface area contributed by atoms with Crippen molar-refractivity contribution in [2.45, 2.75) is 6.92 Å². The van der Waals surface area contributed by atoms with Crippen LogP contribution in [0.25, 0.3) is 0 Å². The summed E-state index contributed by atoms with van der Waals surface area (Å²) in [5, 5.41) is 6.54. The predicted octanol–water partition coefficient (Wildman–Crippen LogP) is 1.04. The molecule has 1 heterocycles. The summed E-state index contributed by atoms with van der Waals surface area (Å²) in [6, 6.07) is 0. The lowest BCUT2D eigenvalue weighted by Gasteiger charge is -1.95. The lowest BCUT2D eigenvalue weighted by atomic mass is 10.6. The van der Waals surface area contributed by atoms with E-state index in [0.717, 1.165) is 0 Å². The maximum atomic E-state index is 5.64. The molecule has 1 rings (SSSR count). The predicted molar refractivity (Wildman–Crippen MR) is 39.2 cm³/mol. The van der Waals surface area contributed by atoms with Crippen molar-refractivity contribution in [2.24, 2.45) is 0 Å². The first-order valence-electron chi connectivity index (χ1n) is 2.87. The molecule has 0 amide bonds. The Bertz CT molecular complexity index is 223. The molecule has 5 heteroatoms. The molecule has 1 aromatic heterocycles. The number of aromatic amines is 1. The highest BCUT2D eigenvalue weighted by molar-refractivity contribution is 6.34. The SMILES string of the molecule is CCOc1n[nH]c(N)c1Cl. The van der Waals surface area contributed by atoms with Crippen molar-refractivity contribution in [2.75, 3.05) is 12.3 Å². The van der Waals surface area contributed by atoms with Crippen LogP contribution in [0.3, 0.4) is 0 Å². The molecule has 0 fully saturated rings. The highest BCUT2D eigenvalue weighted by Crippen LogP contribution is 2.26. The van der Waals surface area contributed by atoms with Gasteiger partial charge in [0.05, 0.1) is 6.61 Å². The largest absolute Gasteiger partial charge is 0.476 e. The first-order valence-corrected chi connectivity index (χ1v) is 3.25. The second kappa shape index (κ2) is 2.79. The first-order chi connectivity index (χ1) is 4.75. The van der Waals surface area contributed by atoms with Crippen LogP contribution >= 0.6 is 11.6 Å². The van der Waals surface area contributed by atoms with Gasteiger partial charge in [0.15, 0.2) is 0 Å².